The van der Waals surface area contributed by atoms with Gasteiger partial charge in [0.25, 0.3) is 0 Å². The van der Waals surface area contributed by atoms with E-state index >= 15 is 0 Å². The topological polar surface area (TPSA) is 27.7 Å². The molecule has 116 valence electrons. The van der Waals surface area contributed by atoms with Gasteiger partial charge in [-0.05, 0) is 51.1 Å². The van der Waals surface area contributed by atoms with Crippen molar-refractivity contribution in [1.82, 2.24) is 4.90 Å². The molecule has 21 heavy (non-hydrogen) atoms. The predicted octanol–water partition coefficient (Wildman–Crippen LogP) is 2.42. The van der Waals surface area contributed by atoms with Crippen molar-refractivity contribution in [3.05, 3.63) is 24.3 Å². The number of nitrogens with zero attached hydrogens (tertiary/aromatic N) is 2. The van der Waals surface area contributed by atoms with Crippen LogP contribution in [-0.4, -0.2) is 57.4 Å². The minimum Gasteiger partial charge on any atom is -0.382 e. The Kier molecular flexibility index (Phi) is 4.66. The zero-order chi connectivity index (χ0) is 14.7. The Bertz CT molecular complexity index is 459. The van der Waals surface area contributed by atoms with E-state index in [0.29, 0.717) is 12.1 Å². The largest absolute Gasteiger partial charge is 0.382 e. The molecule has 0 amide bonds. The van der Waals surface area contributed by atoms with Crippen LogP contribution in [0.4, 0.5) is 11.4 Å². The van der Waals surface area contributed by atoms with Gasteiger partial charge >= 0.3 is 0 Å². The maximum Gasteiger partial charge on any atom is 0.0485 e. The maximum absolute atomic E-state index is 5.42. The standard InChI is InChI=1S/C17H27N3O/c1-19-9-6-17(13-19)20(2)16-5-3-4-15(12-16)18-14-7-10-21-11-8-14/h3-5,12,14,17-18H,6-11,13H2,1-2H3. The number of likely N-dealkylation sites (tertiary alicyclic amines) is 1. The minimum atomic E-state index is 0.553. The molecule has 2 saturated heterocycles. The lowest BCUT2D eigenvalue weighted by molar-refractivity contribution is 0.0904. The van der Waals surface area contributed by atoms with E-state index in [1.807, 2.05) is 0 Å². The van der Waals surface area contributed by atoms with E-state index < -0.39 is 0 Å². The summed E-state index contributed by atoms with van der Waals surface area (Å²) in [5.41, 5.74) is 2.55. The molecule has 0 saturated carbocycles. The van der Waals surface area contributed by atoms with Crippen LogP contribution in [0.3, 0.4) is 0 Å². The van der Waals surface area contributed by atoms with Gasteiger partial charge in [0.1, 0.15) is 0 Å². The molecular weight excluding hydrogens is 262 g/mol. The summed E-state index contributed by atoms with van der Waals surface area (Å²) in [7, 11) is 4.42. The first-order valence-electron chi connectivity index (χ1n) is 8.08. The van der Waals surface area contributed by atoms with Crippen LogP contribution in [0.2, 0.25) is 0 Å². The molecule has 2 aliphatic rings. The van der Waals surface area contributed by atoms with Crippen LogP contribution in [0.25, 0.3) is 0 Å². The molecule has 0 spiro atoms. The molecule has 1 aromatic rings. The number of likely N-dealkylation sites (N-methyl/N-ethyl adjacent to an activating group) is 2. The summed E-state index contributed by atoms with van der Waals surface area (Å²) in [4.78, 5) is 4.84. The average molecular weight is 289 g/mol. The Hall–Kier alpha value is -1.26. The van der Waals surface area contributed by atoms with E-state index in [1.165, 1.54) is 24.3 Å². The van der Waals surface area contributed by atoms with E-state index in [9.17, 15) is 0 Å². The van der Waals surface area contributed by atoms with Gasteiger partial charge in [0.2, 0.25) is 0 Å². The lowest BCUT2D eigenvalue weighted by Crippen LogP contribution is -2.33. The molecule has 1 aromatic carbocycles. The highest BCUT2D eigenvalue weighted by Crippen LogP contribution is 2.25. The number of rotatable bonds is 4. The molecule has 4 nitrogen and oxygen atoms in total. The number of benzene rings is 1. The fourth-order valence-electron chi connectivity index (χ4n) is 3.33. The second-order valence-corrected chi connectivity index (χ2v) is 6.40. The predicted molar refractivity (Wildman–Crippen MR) is 88.2 cm³/mol. The highest BCUT2D eigenvalue weighted by molar-refractivity contribution is 5.58. The molecule has 0 radical (unpaired) electrons. The molecule has 2 aliphatic heterocycles. The van der Waals surface area contributed by atoms with Crippen LogP contribution in [-0.2, 0) is 4.74 Å². The van der Waals surface area contributed by atoms with E-state index in [4.69, 9.17) is 4.74 Å². The number of hydrogen-bond acceptors (Lipinski definition) is 4. The number of anilines is 2. The van der Waals surface area contributed by atoms with Gasteiger partial charge in [0.05, 0.1) is 0 Å². The third kappa shape index (κ3) is 3.69. The average Bonchev–Trinajstić information content (AvgIpc) is 2.94. The first-order chi connectivity index (χ1) is 10.2. The summed E-state index contributed by atoms with van der Waals surface area (Å²) >= 11 is 0. The summed E-state index contributed by atoms with van der Waals surface area (Å²) in [6, 6.07) is 10.0. The second kappa shape index (κ2) is 6.67. The number of nitrogens with one attached hydrogen (secondary N) is 1. The monoisotopic (exact) mass is 289 g/mol. The van der Waals surface area contributed by atoms with Crippen LogP contribution >= 0.6 is 0 Å². The molecule has 4 heteroatoms. The third-order valence-electron chi connectivity index (χ3n) is 4.76. The molecule has 2 heterocycles. The van der Waals surface area contributed by atoms with Gasteiger partial charge in [-0.1, -0.05) is 6.07 Å². The molecule has 1 unspecified atom stereocenters. The Morgan fingerprint density at radius 3 is 2.76 bits per heavy atom. The van der Waals surface area contributed by atoms with Gasteiger partial charge in [-0.3, -0.25) is 0 Å². The molecule has 0 aliphatic carbocycles. The number of hydrogen-bond donors (Lipinski definition) is 1. The third-order valence-corrected chi connectivity index (χ3v) is 4.76. The van der Waals surface area contributed by atoms with Crippen molar-refractivity contribution in [3.63, 3.8) is 0 Å². The van der Waals surface area contributed by atoms with Gasteiger partial charge in [-0.25, -0.2) is 0 Å². The summed E-state index contributed by atoms with van der Waals surface area (Å²) in [5.74, 6) is 0. The summed E-state index contributed by atoms with van der Waals surface area (Å²) < 4.78 is 5.42. The van der Waals surface area contributed by atoms with Crippen molar-refractivity contribution in [2.45, 2.75) is 31.3 Å². The summed E-state index contributed by atoms with van der Waals surface area (Å²) in [5, 5.41) is 3.66. The molecule has 0 bridgehead atoms. The van der Waals surface area contributed by atoms with Crippen molar-refractivity contribution in [2.24, 2.45) is 0 Å². The van der Waals surface area contributed by atoms with E-state index in [-0.39, 0.29) is 0 Å². The lowest BCUT2D eigenvalue weighted by atomic mass is 10.1. The normalized spacial score (nSPS) is 24.2. The summed E-state index contributed by atoms with van der Waals surface area (Å²) in [6.45, 7) is 4.13. The zero-order valence-electron chi connectivity index (χ0n) is 13.2. The highest BCUT2D eigenvalue weighted by Gasteiger charge is 2.23. The van der Waals surface area contributed by atoms with E-state index in [1.54, 1.807) is 0 Å². The van der Waals surface area contributed by atoms with Crippen molar-refractivity contribution >= 4 is 11.4 Å². The quantitative estimate of drug-likeness (QED) is 0.921. The molecule has 2 fully saturated rings. The first-order valence-corrected chi connectivity index (χ1v) is 8.08. The maximum atomic E-state index is 5.42. The van der Waals surface area contributed by atoms with Gasteiger partial charge in [-0.15, -0.1) is 0 Å². The Morgan fingerprint density at radius 1 is 1.24 bits per heavy atom. The van der Waals surface area contributed by atoms with Gasteiger partial charge < -0.3 is 19.9 Å². The Balaban J connectivity index is 1.64. The van der Waals surface area contributed by atoms with Crippen molar-refractivity contribution in [1.29, 1.82) is 0 Å². The van der Waals surface area contributed by atoms with Gasteiger partial charge in [-0.2, -0.15) is 0 Å². The molecular formula is C17H27N3O. The molecule has 1 N–H and O–H groups in total. The van der Waals surface area contributed by atoms with Crippen LogP contribution in [0.5, 0.6) is 0 Å². The van der Waals surface area contributed by atoms with Crippen LogP contribution in [0, 0.1) is 0 Å². The Labute approximate surface area is 128 Å². The summed E-state index contributed by atoms with van der Waals surface area (Å²) in [6.07, 6.45) is 3.46. The van der Waals surface area contributed by atoms with Crippen molar-refractivity contribution < 1.29 is 4.74 Å². The minimum absolute atomic E-state index is 0.553. The fraction of sp³-hybridized carbons (Fsp3) is 0.647. The van der Waals surface area contributed by atoms with Crippen LogP contribution in [0.1, 0.15) is 19.3 Å². The fourth-order valence-corrected chi connectivity index (χ4v) is 3.33. The highest BCUT2D eigenvalue weighted by atomic mass is 16.5. The molecule has 0 aromatic heterocycles. The first kappa shape index (κ1) is 14.7. The van der Waals surface area contributed by atoms with Crippen molar-refractivity contribution in [2.75, 3.05) is 50.6 Å². The van der Waals surface area contributed by atoms with Crippen LogP contribution in [0.15, 0.2) is 24.3 Å². The molecule has 3 rings (SSSR count). The molecule has 1 atom stereocenters. The smallest absolute Gasteiger partial charge is 0.0485 e. The number of ether oxygens (including phenoxy) is 1. The van der Waals surface area contributed by atoms with Crippen molar-refractivity contribution in [3.8, 4) is 0 Å². The SMILES string of the molecule is CN1CCC(N(C)c2cccc(NC3CCOCC3)c2)C1. The zero-order valence-corrected chi connectivity index (χ0v) is 13.2. The van der Waals surface area contributed by atoms with Crippen LogP contribution < -0.4 is 10.2 Å². The van der Waals surface area contributed by atoms with Gasteiger partial charge in [0.15, 0.2) is 0 Å². The van der Waals surface area contributed by atoms with E-state index in [0.717, 1.165) is 32.6 Å². The Morgan fingerprint density at radius 2 is 2.05 bits per heavy atom. The second-order valence-electron chi connectivity index (χ2n) is 6.40. The van der Waals surface area contributed by atoms with Gasteiger partial charge in [0, 0.05) is 50.3 Å². The van der Waals surface area contributed by atoms with E-state index in [2.05, 4.69) is 53.5 Å². The lowest BCUT2D eigenvalue weighted by Gasteiger charge is -2.28.